The highest BCUT2D eigenvalue weighted by molar-refractivity contribution is 5.98. The van der Waals surface area contributed by atoms with Crippen molar-refractivity contribution in [1.29, 1.82) is 0 Å². The molecule has 1 heteroatoms. The highest BCUT2D eigenvalue weighted by atomic mass is 16.1. The maximum atomic E-state index is 12.5. The van der Waals surface area contributed by atoms with Crippen LogP contribution in [0.2, 0.25) is 0 Å². The maximum absolute atomic E-state index is 12.5. The Bertz CT molecular complexity index is 642. The largest absolute Gasteiger partial charge is 0.294 e. The lowest BCUT2D eigenvalue weighted by atomic mass is 9.93. The number of aryl methyl sites for hydroxylation is 5. The zero-order valence-corrected chi connectivity index (χ0v) is 13.0. The molecule has 0 saturated carbocycles. The van der Waals surface area contributed by atoms with Crippen molar-refractivity contribution in [3.05, 3.63) is 69.3 Å². The molecule has 0 aromatic heterocycles. The highest BCUT2D eigenvalue weighted by Crippen LogP contribution is 2.19. The van der Waals surface area contributed by atoms with Gasteiger partial charge < -0.3 is 0 Å². The molecule has 0 aliphatic heterocycles. The molecule has 0 spiro atoms. The Morgan fingerprint density at radius 2 is 1.40 bits per heavy atom. The van der Waals surface area contributed by atoms with E-state index in [0.29, 0.717) is 6.42 Å². The van der Waals surface area contributed by atoms with Crippen LogP contribution in [0, 0.1) is 34.6 Å². The van der Waals surface area contributed by atoms with Crippen molar-refractivity contribution < 1.29 is 4.79 Å². The summed E-state index contributed by atoms with van der Waals surface area (Å²) in [4.78, 5) is 12.5. The second-order valence-corrected chi connectivity index (χ2v) is 5.78. The summed E-state index contributed by atoms with van der Waals surface area (Å²) in [5, 5.41) is 0. The fraction of sp³-hybridized carbons (Fsp3) is 0.316. The zero-order valence-electron chi connectivity index (χ0n) is 13.0. The number of benzene rings is 2. The van der Waals surface area contributed by atoms with Gasteiger partial charge in [0.25, 0.3) is 0 Å². The van der Waals surface area contributed by atoms with Crippen molar-refractivity contribution in [2.75, 3.05) is 0 Å². The van der Waals surface area contributed by atoms with E-state index in [1.165, 1.54) is 33.4 Å². The molecule has 0 bridgehead atoms. The van der Waals surface area contributed by atoms with E-state index in [9.17, 15) is 4.79 Å². The van der Waals surface area contributed by atoms with Gasteiger partial charge in [-0.2, -0.15) is 0 Å². The molecule has 2 rings (SSSR count). The summed E-state index contributed by atoms with van der Waals surface area (Å²) in [6.45, 7) is 10.4. The number of rotatable bonds is 3. The molecule has 0 saturated heterocycles. The van der Waals surface area contributed by atoms with E-state index >= 15 is 0 Å². The lowest BCUT2D eigenvalue weighted by Gasteiger charge is -2.11. The summed E-state index contributed by atoms with van der Waals surface area (Å²) in [6.07, 6.45) is 0.487. The van der Waals surface area contributed by atoms with E-state index in [-0.39, 0.29) is 5.78 Å². The first-order valence-electron chi connectivity index (χ1n) is 7.05. The number of hydrogen-bond donors (Lipinski definition) is 0. The molecule has 0 aliphatic rings. The van der Waals surface area contributed by atoms with E-state index in [0.717, 1.165) is 5.56 Å². The van der Waals surface area contributed by atoms with Gasteiger partial charge in [-0.1, -0.05) is 29.8 Å². The molecule has 20 heavy (non-hydrogen) atoms. The first kappa shape index (κ1) is 14.5. The average Bonchev–Trinajstić information content (AvgIpc) is 2.36. The van der Waals surface area contributed by atoms with Crippen molar-refractivity contribution in [3.63, 3.8) is 0 Å². The van der Waals surface area contributed by atoms with Crippen LogP contribution in [-0.2, 0) is 6.42 Å². The van der Waals surface area contributed by atoms with E-state index < -0.39 is 0 Å². The van der Waals surface area contributed by atoms with E-state index in [1.54, 1.807) is 0 Å². The van der Waals surface area contributed by atoms with Crippen LogP contribution in [0.1, 0.15) is 43.7 Å². The maximum Gasteiger partial charge on any atom is 0.167 e. The lowest BCUT2D eigenvalue weighted by molar-refractivity contribution is 0.0992. The van der Waals surface area contributed by atoms with Gasteiger partial charge in [-0.05, 0) is 68.5 Å². The Balaban J connectivity index is 2.30. The van der Waals surface area contributed by atoms with Crippen molar-refractivity contribution in [1.82, 2.24) is 0 Å². The molecule has 0 heterocycles. The van der Waals surface area contributed by atoms with Gasteiger partial charge in [0.1, 0.15) is 0 Å². The molecular weight excluding hydrogens is 244 g/mol. The van der Waals surface area contributed by atoms with Crippen LogP contribution in [0.4, 0.5) is 0 Å². The third-order valence-corrected chi connectivity index (χ3v) is 4.01. The summed E-state index contributed by atoms with van der Waals surface area (Å²) in [7, 11) is 0. The first-order chi connectivity index (χ1) is 9.38. The molecule has 1 nitrogen and oxygen atoms in total. The summed E-state index contributed by atoms with van der Waals surface area (Å²) in [5.74, 6) is 0.197. The topological polar surface area (TPSA) is 17.1 Å². The standard InChI is InChI=1S/C19H22O/c1-12-8-15(4)18(16(5)9-12)11-19(20)17-7-6-13(2)14(3)10-17/h6-10H,11H2,1-5H3. The van der Waals surface area contributed by atoms with Gasteiger partial charge in [-0.15, -0.1) is 0 Å². The molecule has 0 fully saturated rings. The van der Waals surface area contributed by atoms with E-state index in [1.807, 2.05) is 18.2 Å². The number of Topliss-reactive ketones (excluding diaryl/α,β-unsaturated/α-hetero) is 1. The lowest BCUT2D eigenvalue weighted by Crippen LogP contribution is -2.07. The highest BCUT2D eigenvalue weighted by Gasteiger charge is 2.12. The number of hydrogen-bond acceptors (Lipinski definition) is 1. The van der Waals surface area contributed by atoms with Crippen molar-refractivity contribution in [3.8, 4) is 0 Å². The number of carbonyl (C=O) groups excluding carboxylic acids is 1. The van der Waals surface area contributed by atoms with Gasteiger partial charge >= 0.3 is 0 Å². The van der Waals surface area contributed by atoms with Gasteiger partial charge in [0.2, 0.25) is 0 Å². The Labute approximate surface area is 121 Å². The normalized spacial score (nSPS) is 10.7. The summed E-state index contributed by atoms with van der Waals surface area (Å²) < 4.78 is 0. The first-order valence-corrected chi connectivity index (χ1v) is 7.05. The minimum atomic E-state index is 0.197. The predicted octanol–water partition coefficient (Wildman–Crippen LogP) is 4.65. The van der Waals surface area contributed by atoms with Crippen LogP contribution in [0.15, 0.2) is 30.3 Å². The van der Waals surface area contributed by atoms with Crippen molar-refractivity contribution in [2.45, 2.75) is 41.0 Å². The fourth-order valence-electron chi connectivity index (χ4n) is 2.67. The molecule has 104 valence electrons. The predicted molar refractivity (Wildman–Crippen MR) is 84.6 cm³/mol. The van der Waals surface area contributed by atoms with Crippen LogP contribution in [0.25, 0.3) is 0 Å². The number of carbonyl (C=O) groups is 1. The van der Waals surface area contributed by atoms with E-state index in [4.69, 9.17) is 0 Å². The molecule has 0 radical (unpaired) electrons. The molecular formula is C19H22O. The van der Waals surface area contributed by atoms with Gasteiger partial charge in [0, 0.05) is 12.0 Å². The zero-order chi connectivity index (χ0) is 14.9. The summed E-state index contributed by atoms with van der Waals surface area (Å²) >= 11 is 0. The number of ketones is 1. The van der Waals surface area contributed by atoms with Crippen LogP contribution in [-0.4, -0.2) is 5.78 Å². The second kappa shape index (κ2) is 5.62. The molecule has 0 N–H and O–H groups in total. The van der Waals surface area contributed by atoms with Gasteiger partial charge in [0.05, 0.1) is 0 Å². The fourth-order valence-corrected chi connectivity index (χ4v) is 2.67. The summed E-state index contributed by atoms with van der Waals surface area (Å²) in [6, 6.07) is 10.3. The van der Waals surface area contributed by atoms with Gasteiger partial charge in [0.15, 0.2) is 5.78 Å². The Morgan fingerprint density at radius 1 is 0.800 bits per heavy atom. The SMILES string of the molecule is Cc1cc(C)c(CC(=O)c2ccc(C)c(C)c2)c(C)c1. The van der Waals surface area contributed by atoms with Crippen LogP contribution < -0.4 is 0 Å². The minimum absolute atomic E-state index is 0.197. The third kappa shape index (κ3) is 2.98. The molecule has 0 amide bonds. The molecule has 2 aromatic rings. The molecule has 0 unspecified atom stereocenters. The smallest absolute Gasteiger partial charge is 0.167 e. The van der Waals surface area contributed by atoms with E-state index in [2.05, 4.69) is 46.8 Å². The van der Waals surface area contributed by atoms with Crippen LogP contribution in [0.5, 0.6) is 0 Å². The Morgan fingerprint density at radius 3 is 1.95 bits per heavy atom. The van der Waals surface area contributed by atoms with Gasteiger partial charge in [-0.3, -0.25) is 4.79 Å². The third-order valence-electron chi connectivity index (χ3n) is 4.01. The van der Waals surface area contributed by atoms with Crippen LogP contribution >= 0.6 is 0 Å². The molecule has 0 aliphatic carbocycles. The second-order valence-electron chi connectivity index (χ2n) is 5.78. The minimum Gasteiger partial charge on any atom is -0.294 e. The average molecular weight is 266 g/mol. The molecule has 2 aromatic carbocycles. The Hall–Kier alpha value is -1.89. The quantitative estimate of drug-likeness (QED) is 0.739. The monoisotopic (exact) mass is 266 g/mol. The van der Waals surface area contributed by atoms with Crippen molar-refractivity contribution >= 4 is 5.78 Å². The molecule has 0 atom stereocenters. The van der Waals surface area contributed by atoms with Crippen LogP contribution in [0.3, 0.4) is 0 Å². The van der Waals surface area contributed by atoms with Gasteiger partial charge in [-0.25, -0.2) is 0 Å². The summed E-state index contributed by atoms with van der Waals surface area (Å²) in [5.41, 5.74) is 8.05. The Kier molecular flexibility index (Phi) is 4.08. The van der Waals surface area contributed by atoms with Crippen molar-refractivity contribution in [2.24, 2.45) is 0 Å².